The molecule has 3 aromatic carbocycles. The summed E-state index contributed by atoms with van der Waals surface area (Å²) in [4.78, 5) is 4.35. The number of fused-ring (bicyclic) bond motifs is 1. The Bertz CT molecular complexity index is 1200. The molecule has 1 aliphatic heterocycles. The Balaban J connectivity index is 1.55. The van der Waals surface area contributed by atoms with E-state index in [0.717, 1.165) is 16.8 Å². The molecule has 4 aromatic rings. The van der Waals surface area contributed by atoms with E-state index < -0.39 is 0 Å². The highest BCUT2D eigenvalue weighted by Gasteiger charge is 2.25. The van der Waals surface area contributed by atoms with E-state index in [1.54, 1.807) is 10.7 Å². The van der Waals surface area contributed by atoms with E-state index in [-0.39, 0.29) is 6.04 Å². The number of hydrogen-bond donors (Lipinski definition) is 1. The van der Waals surface area contributed by atoms with Crippen molar-refractivity contribution in [3.05, 3.63) is 106 Å². The number of anilines is 1. The van der Waals surface area contributed by atoms with Crippen LogP contribution in [0.1, 0.15) is 17.2 Å². The summed E-state index contributed by atoms with van der Waals surface area (Å²) in [5.41, 5.74) is 5.25. The van der Waals surface area contributed by atoms with Crippen molar-refractivity contribution in [1.82, 2.24) is 14.8 Å². The van der Waals surface area contributed by atoms with Crippen molar-refractivity contribution >= 4 is 34.8 Å². The second-order valence-corrected chi connectivity index (χ2v) is 7.55. The minimum atomic E-state index is -0.205. The van der Waals surface area contributed by atoms with Gasteiger partial charge in [-0.15, -0.1) is 0 Å². The number of benzene rings is 3. The first-order valence-corrected chi connectivity index (χ1v) is 9.94. The van der Waals surface area contributed by atoms with Gasteiger partial charge in [0, 0.05) is 11.3 Å². The Hall–Kier alpha value is -3.08. The molecule has 0 aliphatic carbocycles. The van der Waals surface area contributed by atoms with Gasteiger partial charge in [0.15, 0.2) is 0 Å². The van der Waals surface area contributed by atoms with Gasteiger partial charge in [-0.1, -0.05) is 89.9 Å². The van der Waals surface area contributed by atoms with Crippen molar-refractivity contribution in [2.24, 2.45) is 0 Å². The van der Waals surface area contributed by atoms with Gasteiger partial charge in [-0.2, -0.15) is 10.1 Å². The van der Waals surface area contributed by atoms with E-state index >= 15 is 0 Å². The number of nitrogens with zero attached hydrogens (tertiary/aromatic N) is 3. The lowest BCUT2D eigenvalue weighted by Crippen LogP contribution is -2.20. The average molecular weight is 419 g/mol. The van der Waals surface area contributed by atoms with Crippen LogP contribution in [0.3, 0.4) is 0 Å². The Labute approximate surface area is 178 Å². The van der Waals surface area contributed by atoms with Gasteiger partial charge in [-0.3, -0.25) is 0 Å². The van der Waals surface area contributed by atoms with Crippen molar-refractivity contribution < 1.29 is 0 Å². The van der Waals surface area contributed by atoms with Crippen molar-refractivity contribution in [3.63, 3.8) is 0 Å². The molecule has 0 fully saturated rings. The largest absolute Gasteiger partial charge is 0.324 e. The average Bonchev–Trinajstić information content (AvgIpc) is 3.25. The highest BCUT2D eigenvalue weighted by atomic mass is 35.5. The molecule has 0 saturated carbocycles. The van der Waals surface area contributed by atoms with Gasteiger partial charge >= 0.3 is 0 Å². The fourth-order valence-corrected chi connectivity index (χ4v) is 3.96. The predicted molar refractivity (Wildman–Crippen MR) is 118 cm³/mol. The molecule has 0 bridgehead atoms. The van der Waals surface area contributed by atoms with Crippen molar-refractivity contribution in [2.75, 3.05) is 5.32 Å². The summed E-state index contributed by atoms with van der Waals surface area (Å²) in [6.45, 7) is 0. The molecule has 0 spiro atoms. The molecule has 4 nitrogen and oxygen atoms in total. The zero-order chi connectivity index (χ0) is 19.8. The maximum atomic E-state index is 6.50. The first-order chi connectivity index (χ1) is 14.2. The third kappa shape index (κ3) is 3.31. The Morgan fingerprint density at radius 3 is 2.31 bits per heavy atom. The maximum Gasteiger partial charge on any atom is 0.226 e. The summed E-state index contributed by atoms with van der Waals surface area (Å²) in [6.07, 6.45) is 3.62. The van der Waals surface area contributed by atoms with Crippen LogP contribution in [0.5, 0.6) is 0 Å². The van der Waals surface area contributed by atoms with E-state index in [2.05, 4.69) is 57.9 Å². The van der Waals surface area contributed by atoms with Gasteiger partial charge in [-0.05, 0) is 28.8 Å². The highest BCUT2D eigenvalue weighted by molar-refractivity contribution is 6.42. The SMILES string of the molecule is Clc1cccc(C2C=C(c3ccc(-c4ccccc4)cc3)Nc3ncnn32)c1Cl. The summed E-state index contributed by atoms with van der Waals surface area (Å²) >= 11 is 12.7. The fraction of sp³-hybridized carbons (Fsp3) is 0.0435. The molecule has 5 rings (SSSR count). The van der Waals surface area contributed by atoms with Crippen LogP contribution in [0.25, 0.3) is 16.8 Å². The highest BCUT2D eigenvalue weighted by Crippen LogP contribution is 2.37. The molecule has 6 heteroatoms. The van der Waals surface area contributed by atoms with E-state index in [1.165, 1.54) is 17.5 Å². The molecule has 2 heterocycles. The lowest BCUT2D eigenvalue weighted by Gasteiger charge is -2.25. The van der Waals surface area contributed by atoms with Gasteiger partial charge in [0.25, 0.3) is 0 Å². The number of nitrogens with one attached hydrogen (secondary N) is 1. The number of aromatic nitrogens is 3. The van der Waals surface area contributed by atoms with Gasteiger partial charge in [0.2, 0.25) is 5.95 Å². The third-order valence-electron chi connectivity index (χ3n) is 5.01. The molecule has 1 N–H and O–H groups in total. The lowest BCUT2D eigenvalue weighted by atomic mass is 9.99. The van der Waals surface area contributed by atoms with Crippen LogP contribution in [-0.4, -0.2) is 14.8 Å². The number of hydrogen-bond acceptors (Lipinski definition) is 3. The standard InChI is InChI=1S/C23H16Cl2N4/c24-19-8-4-7-18(22(19)25)21-13-20(28-23-26-14-27-29(21)23)17-11-9-16(10-12-17)15-5-2-1-3-6-15/h1-14,21H,(H,26,27,28). The zero-order valence-corrected chi connectivity index (χ0v) is 16.8. The molecule has 1 atom stereocenters. The van der Waals surface area contributed by atoms with Crippen LogP contribution >= 0.6 is 23.2 Å². The molecular formula is C23H16Cl2N4. The monoisotopic (exact) mass is 418 g/mol. The topological polar surface area (TPSA) is 42.7 Å². The van der Waals surface area contributed by atoms with Crippen molar-refractivity contribution in [1.29, 1.82) is 0 Å². The second kappa shape index (κ2) is 7.39. The summed E-state index contributed by atoms with van der Waals surface area (Å²) in [6, 6.07) is 24.2. The van der Waals surface area contributed by atoms with Crippen LogP contribution in [-0.2, 0) is 0 Å². The molecule has 0 amide bonds. The number of rotatable bonds is 3. The maximum absolute atomic E-state index is 6.50. The first kappa shape index (κ1) is 18.0. The summed E-state index contributed by atoms with van der Waals surface area (Å²) in [7, 11) is 0. The molecule has 142 valence electrons. The smallest absolute Gasteiger partial charge is 0.226 e. The molecule has 0 saturated heterocycles. The molecule has 29 heavy (non-hydrogen) atoms. The Morgan fingerprint density at radius 1 is 0.793 bits per heavy atom. The second-order valence-electron chi connectivity index (χ2n) is 6.76. The number of halogens is 2. The molecular weight excluding hydrogens is 403 g/mol. The lowest BCUT2D eigenvalue weighted by molar-refractivity contribution is 0.612. The van der Waals surface area contributed by atoms with E-state index in [1.807, 2.05) is 30.3 Å². The molecule has 0 radical (unpaired) electrons. The Morgan fingerprint density at radius 2 is 1.52 bits per heavy atom. The van der Waals surface area contributed by atoms with Gasteiger partial charge in [-0.25, -0.2) is 4.68 Å². The van der Waals surface area contributed by atoms with Crippen molar-refractivity contribution in [2.45, 2.75) is 6.04 Å². The van der Waals surface area contributed by atoms with E-state index in [0.29, 0.717) is 16.0 Å². The van der Waals surface area contributed by atoms with Crippen LogP contribution in [0.15, 0.2) is 85.2 Å². The van der Waals surface area contributed by atoms with Crippen LogP contribution in [0, 0.1) is 0 Å². The molecule has 1 aromatic heterocycles. The third-order valence-corrected chi connectivity index (χ3v) is 5.84. The van der Waals surface area contributed by atoms with Crippen LogP contribution in [0.2, 0.25) is 10.0 Å². The zero-order valence-electron chi connectivity index (χ0n) is 15.3. The van der Waals surface area contributed by atoms with E-state index in [9.17, 15) is 0 Å². The quantitative estimate of drug-likeness (QED) is 0.423. The fourth-order valence-electron chi connectivity index (χ4n) is 3.55. The van der Waals surface area contributed by atoms with Crippen LogP contribution in [0.4, 0.5) is 5.95 Å². The normalized spacial score (nSPS) is 15.4. The Kier molecular flexibility index (Phi) is 4.58. The van der Waals surface area contributed by atoms with Gasteiger partial charge in [0.1, 0.15) is 12.4 Å². The summed E-state index contributed by atoms with van der Waals surface area (Å²) in [5, 5.41) is 8.77. The van der Waals surface area contributed by atoms with Crippen molar-refractivity contribution in [3.8, 4) is 11.1 Å². The first-order valence-electron chi connectivity index (χ1n) is 9.19. The minimum absolute atomic E-state index is 0.205. The summed E-state index contributed by atoms with van der Waals surface area (Å²) < 4.78 is 1.80. The van der Waals surface area contributed by atoms with Gasteiger partial charge < -0.3 is 5.32 Å². The molecule has 1 unspecified atom stereocenters. The van der Waals surface area contributed by atoms with E-state index in [4.69, 9.17) is 23.2 Å². The predicted octanol–water partition coefficient (Wildman–Crippen LogP) is 6.31. The minimum Gasteiger partial charge on any atom is -0.324 e. The van der Waals surface area contributed by atoms with Crippen LogP contribution < -0.4 is 5.32 Å². The van der Waals surface area contributed by atoms with Gasteiger partial charge in [0.05, 0.1) is 10.0 Å². The summed E-state index contributed by atoms with van der Waals surface area (Å²) in [5.74, 6) is 0.663. The number of allylic oxidation sites excluding steroid dienone is 1. The molecule has 1 aliphatic rings.